The zero-order chi connectivity index (χ0) is 28.6. The number of thiophene rings is 1. The summed E-state index contributed by atoms with van der Waals surface area (Å²) in [5.74, 6) is 1.31. The number of H-pyrrole nitrogens is 1. The number of nitrogens with zero attached hydrogens (tertiary/aromatic N) is 2. The minimum absolute atomic E-state index is 0.0136. The molecule has 1 aliphatic carbocycles. The van der Waals surface area contributed by atoms with Crippen LogP contribution in [-0.4, -0.2) is 51.2 Å². The fourth-order valence-corrected chi connectivity index (χ4v) is 6.42. The third-order valence-electron chi connectivity index (χ3n) is 7.90. The van der Waals surface area contributed by atoms with Crippen LogP contribution in [0.3, 0.4) is 0 Å². The zero-order valence-corrected chi connectivity index (χ0v) is 23.6. The molecule has 2 aliphatic rings. The topological polar surface area (TPSA) is 116 Å². The average Bonchev–Trinajstić information content (AvgIpc) is 3.45. The van der Waals surface area contributed by atoms with Crippen LogP contribution in [0.4, 0.5) is 0 Å². The molecule has 4 atom stereocenters. The lowest BCUT2D eigenvalue weighted by atomic mass is 10.0. The highest BCUT2D eigenvalue weighted by atomic mass is 32.1. The first kappa shape index (κ1) is 26.8. The van der Waals surface area contributed by atoms with Gasteiger partial charge in [-0.2, -0.15) is 0 Å². The number of para-hydroxylation sites is 1. The van der Waals surface area contributed by atoms with E-state index in [1.54, 1.807) is 52.9 Å². The van der Waals surface area contributed by atoms with Gasteiger partial charge in [-0.25, -0.2) is 4.98 Å². The van der Waals surface area contributed by atoms with Crippen molar-refractivity contribution in [3.05, 3.63) is 88.9 Å². The Balaban J connectivity index is 1.05. The smallest absolute Gasteiger partial charge is 0.251 e. The molecule has 1 saturated heterocycles. The number of benzene rings is 2. The summed E-state index contributed by atoms with van der Waals surface area (Å²) in [5.41, 5.74) is 1.33. The monoisotopic (exact) mass is 569 g/mol. The van der Waals surface area contributed by atoms with E-state index in [-0.39, 0.29) is 41.8 Å². The number of amides is 3. The highest BCUT2D eigenvalue weighted by Crippen LogP contribution is 2.59. The summed E-state index contributed by atoms with van der Waals surface area (Å²) in [5, 5.41) is 7.83. The molecule has 9 nitrogen and oxygen atoms in total. The molecule has 10 heteroatoms. The highest BCUT2D eigenvalue weighted by molar-refractivity contribution is 7.10. The largest absolute Gasteiger partial charge is 0.457 e. The summed E-state index contributed by atoms with van der Waals surface area (Å²) in [4.78, 5) is 49.6. The number of aromatic nitrogens is 2. The molecule has 41 heavy (non-hydrogen) atoms. The van der Waals surface area contributed by atoms with E-state index in [0.717, 1.165) is 22.7 Å². The molecule has 0 radical (unpaired) electrons. The second-order valence-corrected chi connectivity index (χ2v) is 11.9. The molecule has 3 heterocycles. The molecule has 0 bridgehead atoms. The Kier molecular flexibility index (Phi) is 7.08. The van der Waals surface area contributed by atoms with Crippen molar-refractivity contribution >= 4 is 29.1 Å². The molecule has 0 spiro atoms. The first-order valence-electron chi connectivity index (χ1n) is 13.6. The Morgan fingerprint density at radius 3 is 2.61 bits per heavy atom. The quantitative estimate of drug-likeness (QED) is 0.265. The lowest BCUT2D eigenvalue weighted by molar-refractivity contribution is -0.139. The first-order valence-corrected chi connectivity index (χ1v) is 14.5. The van der Waals surface area contributed by atoms with Crippen molar-refractivity contribution in [2.24, 2.45) is 5.41 Å². The average molecular weight is 570 g/mol. The van der Waals surface area contributed by atoms with Crippen molar-refractivity contribution in [3.8, 4) is 22.9 Å². The summed E-state index contributed by atoms with van der Waals surface area (Å²) < 4.78 is 5.78. The third-order valence-corrected chi connectivity index (χ3v) is 9.01. The van der Waals surface area contributed by atoms with Gasteiger partial charge in [-0.05, 0) is 67.6 Å². The minimum atomic E-state index is -0.565. The first-order chi connectivity index (χ1) is 19.8. The maximum atomic E-state index is 13.4. The Labute approximate surface area is 241 Å². The fourth-order valence-electron chi connectivity index (χ4n) is 5.52. The van der Waals surface area contributed by atoms with Crippen LogP contribution in [-0.2, 0) is 9.59 Å². The predicted octanol–water partition coefficient (Wildman–Crippen LogP) is 4.92. The number of likely N-dealkylation sites (tertiary alicyclic amines) is 1. The molecule has 6 rings (SSSR count). The van der Waals surface area contributed by atoms with E-state index in [1.165, 1.54) is 0 Å². The summed E-state index contributed by atoms with van der Waals surface area (Å²) in [6, 6.07) is 17.4. The Morgan fingerprint density at radius 1 is 1.12 bits per heavy atom. The van der Waals surface area contributed by atoms with Crippen LogP contribution >= 0.6 is 11.3 Å². The van der Waals surface area contributed by atoms with Gasteiger partial charge in [0.1, 0.15) is 23.4 Å². The Hall–Kier alpha value is -4.44. The van der Waals surface area contributed by atoms with Gasteiger partial charge < -0.3 is 25.3 Å². The lowest BCUT2D eigenvalue weighted by Crippen LogP contribution is -2.51. The van der Waals surface area contributed by atoms with E-state index < -0.39 is 6.04 Å². The number of imidazole rings is 1. The molecule has 4 aromatic rings. The van der Waals surface area contributed by atoms with Crippen molar-refractivity contribution in [2.45, 2.75) is 44.8 Å². The number of rotatable bonds is 9. The van der Waals surface area contributed by atoms with Crippen LogP contribution in [0.5, 0.6) is 11.5 Å². The fraction of sp³-hybridized carbons (Fsp3) is 0.290. The van der Waals surface area contributed by atoms with Crippen LogP contribution in [0.15, 0.2) is 78.4 Å². The maximum Gasteiger partial charge on any atom is 0.251 e. The second-order valence-electron chi connectivity index (χ2n) is 10.9. The minimum Gasteiger partial charge on any atom is -0.457 e. The molecule has 3 N–H and O–H groups in total. The van der Waals surface area contributed by atoms with Gasteiger partial charge >= 0.3 is 0 Å². The number of hydrogen-bond acceptors (Lipinski definition) is 6. The standard InChI is InChI=1S/C31H31N5O4S/c1-19(25-14-21(18-41-25)28-32-12-13-33-28)35-30(39)24-15-31(2)16-26(31)36(24)27(37)17-34-29(38)20-8-10-23(11-9-20)40-22-6-4-3-5-7-22/h3-14,18-19,24,26H,15-17H2,1-2H3,(H,32,33)(H,34,38)(H,35,39)/t19?,24-,26-,31+/m0/s1. The molecule has 2 aromatic heterocycles. The van der Waals surface area contributed by atoms with Crippen molar-refractivity contribution in [1.29, 1.82) is 0 Å². The maximum absolute atomic E-state index is 13.4. The Bertz CT molecular complexity index is 1550. The molecular weight excluding hydrogens is 538 g/mol. The van der Waals surface area contributed by atoms with E-state index >= 15 is 0 Å². The number of fused-ring (bicyclic) bond motifs is 1. The van der Waals surface area contributed by atoms with E-state index in [4.69, 9.17) is 4.74 Å². The summed E-state index contributed by atoms with van der Waals surface area (Å²) in [7, 11) is 0. The van der Waals surface area contributed by atoms with E-state index in [1.807, 2.05) is 48.7 Å². The highest BCUT2D eigenvalue weighted by Gasteiger charge is 2.64. The molecular formula is C31H31N5O4S. The van der Waals surface area contributed by atoms with Gasteiger partial charge in [0, 0.05) is 39.8 Å². The van der Waals surface area contributed by atoms with Crippen molar-refractivity contribution in [2.75, 3.05) is 6.54 Å². The van der Waals surface area contributed by atoms with Crippen LogP contribution in [0.1, 0.15) is 48.0 Å². The molecule has 210 valence electrons. The zero-order valence-electron chi connectivity index (χ0n) is 22.8. The van der Waals surface area contributed by atoms with E-state index in [9.17, 15) is 14.4 Å². The summed E-state index contributed by atoms with van der Waals surface area (Å²) in [6.07, 6.45) is 4.96. The van der Waals surface area contributed by atoms with Gasteiger partial charge in [0.05, 0.1) is 12.6 Å². The van der Waals surface area contributed by atoms with Crippen molar-refractivity contribution in [1.82, 2.24) is 25.5 Å². The van der Waals surface area contributed by atoms with Gasteiger partial charge in [0.2, 0.25) is 11.8 Å². The number of aromatic amines is 1. The van der Waals surface area contributed by atoms with Gasteiger partial charge in [0.15, 0.2) is 0 Å². The second kappa shape index (κ2) is 10.9. The molecule has 1 unspecified atom stereocenters. The number of piperidine rings is 1. The number of carbonyl (C=O) groups is 3. The predicted molar refractivity (Wildman–Crippen MR) is 156 cm³/mol. The SMILES string of the molecule is CC(NC(=O)[C@@H]1C[C@]2(C)C[C@@H]2N1C(=O)CNC(=O)c1ccc(Oc2ccccc2)cc1)c1cc(-c2ncc[nH]2)cs1. The molecule has 1 saturated carbocycles. The Morgan fingerprint density at radius 2 is 1.88 bits per heavy atom. The molecule has 2 fully saturated rings. The van der Waals surface area contributed by atoms with Crippen molar-refractivity contribution in [3.63, 3.8) is 0 Å². The normalized spacial score (nSPS) is 21.6. The van der Waals surface area contributed by atoms with Gasteiger partial charge in [-0.15, -0.1) is 11.3 Å². The van der Waals surface area contributed by atoms with Gasteiger partial charge in [0.25, 0.3) is 5.91 Å². The molecule has 2 aromatic carbocycles. The van der Waals surface area contributed by atoms with Crippen LogP contribution in [0.25, 0.3) is 11.4 Å². The summed E-state index contributed by atoms with van der Waals surface area (Å²) in [6.45, 7) is 3.88. The number of hydrogen-bond donors (Lipinski definition) is 3. The van der Waals surface area contributed by atoms with Crippen LogP contribution in [0.2, 0.25) is 0 Å². The number of carbonyl (C=O) groups excluding carboxylic acids is 3. The van der Waals surface area contributed by atoms with Crippen LogP contribution < -0.4 is 15.4 Å². The van der Waals surface area contributed by atoms with Gasteiger partial charge in [-0.1, -0.05) is 25.1 Å². The van der Waals surface area contributed by atoms with Crippen molar-refractivity contribution < 1.29 is 19.1 Å². The van der Waals surface area contributed by atoms with Gasteiger partial charge in [-0.3, -0.25) is 14.4 Å². The molecule has 1 aliphatic heterocycles. The van der Waals surface area contributed by atoms with Crippen LogP contribution in [0, 0.1) is 5.41 Å². The summed E-state index contributed by atoms with van der Waals surface area (Å²) >= 11 is 1.56. The molecule has 3 amide bonds. The number of ether oxygens (including phenoxy) is 1. The lowest BCUT2D eigenvalue weighted by Gasteiger charge is -2.28. The number of nitrogens with one attached hydrogen (secondary N) is 3. The third kappa shape index (κ3) is 5.60. The van der Waals surface area contributed by atoms with E-state index in [0.29, 0.717) is 23.5 Å². The van der Waals surface area contributed by atoms with E-state index in [2.05, 4.69) is 27.5 Å².